The predicted octanol–water partition coefficient (Wildman–Crippen LogP) is 3.80. The van der Waals surface area contributed by atoms with Crippen LogP contribution in [0.15, 0.2) is 34.1 Å². The molecule has 0 atom stereocenters. The molecule has 1 aromatic heterocycles. The van der Waals surface area contributed by atoms with Crippen molar-refractivity contribution in [3.8, 4) is 11.5 Å². The maximum atomic E-state index is 12.5. The Morgan fingerprint density at radius 3 is 2.29 bits per heavy atom. The maximum absolute atomic E-state index is 12.5. The molecule has 0 aliphatic rings. The highest BCUT2D eigenvalue weighted by molar-refractivity contribution is 9.10. The Kier molecular flexibility index (Phi) is 5.25. The van der Waals surface area contributed by atoms with Crippen molar-refractivity contribution in [3.05, 3.63) is 44.6 Å². The van der Waals surface area contributed by atoms with E-state index in [1.807, 2.05) is 11.4 Å². The molecule has 2 rings (SSSR count). The van der Waals surface area contributed by atoms with Crippen LogP contribution in [0.2, 0.25) is 0 Å². The third-order valence-corrected chi connectivity index (χ3v) is 4.64. The van der Waals surface area contributed by atoms with Crippen molar-refractivity contribution in [2.24, 2.45) is 0 Å². The van der Waals surface area contributed by atoms with Crippen LogP contribution in [0.3, 0.4) is 0 Å². The van der Waals surface area contributed by atoms with Gasteiger partial charge >= 0.3 is 0 Å². The zero-order valence-corrected chi connectivity index (χ0v) is 14.5. The molecule has 21 heavy (non-hydrogen) atoms. The zero-order valence-electron chi connectivity index (χ0n) is 12.1. The number of benzene rings is 1. The van der Waals surface area contributed by atoms with Gasteiger partial charge in [-0.1, -0.05) is 0 Å². The normalized spacial score (nSPS) is 10.3. The summed E-state index contributed by atoms with van der Waals surface area (Å²) in [5.41, 5.74) is 0.546. The minimum absolute atomic E-state index is 0.0725. The summed E-state index contributed by atoms with van der Waals surface area (Å²) in [5.74, 6) is 1.13. The van der Waals surface area contributed by atoms with Gasteiger partial charge in [0.25, 0.3) is 5.91 Å². The minimum Gasteiger partial charge on any atom is -0.497 e. The van der Waals surface area contributed by atoms with Gasteiger partial charge in [-0.3, -0.25) is 4.79 Å². The van der Waals surface area contributed by atoms with Crippen LogP contribution in [0.4, 0.5) is 0 Å². The van der Waals surface area contributed by atoms with Gasteiger partial charge in [-0.2, -0.15) is 0 Å². The Morgan fingerprint density at radius 2 is 1.81 bits per heavy atom. The molecule has 1 heterocycles. The predicted molar refractivity (Wildman–Crippen MR) is 87.4 cm³/mol. The summed E-state index contributed by atoms with van der Waals surface area (Å²) in [5, 5.41) is 2.00. The monoisotopic (exact) mass is 369 g/mol. The highest BCUT2D eigenvalue weighted by Gasteiger charge is 2.15. The second-order valence-corrected chi connectivity index (χ2v) is 6.41. The molecule has 6 heteroatoms. The Hall–Kier alpha value is -1.53. The Bertz CT molecular complexity index is 619. The van der Waals surface area contributed by atoms with Crippen LogP contribution in [0.25, 0.3) is 0 Å². The second-order valence-electron chi connectivity index (χ2n) is 4.49. The molecule has 0 bridgehead atoms. The fourth-order valence-corrected chi connectivity index (χ4v) is 3.40. The van der Waals surface area contributed by atoms with E-state index >= 15 is 0 Å². The van der Waals surface area contributed by atoms with Gasteiger partial charge in [0.15, 0.2) is 0 Å². The summed E-state index contributed by atoms with van der Waals surface area (Å²) >= 11 is 5.03. The summed E-state index contributed by atoms with van der Waals surface area (Å²) in [6.07, 6.45) is 0. The molecule has 1 amide bonds. The largest absolute Gasteiger partial charge is 0.497 e. The number of carbonyl (C=O) groups is 1. The summed E-state index contributed by atoms with van der Waals surface area (Å²) in [6.45, 7) is 0.564. The van der Waals surface area contributed by atoms with E-state index in [4.69, 9.17) is 9.47 Å². The molecule has 112 valence electrons. The summed E-state index contributed by atoms with van der Waals surface area (Å²) in [6, 6.07) is 7.19. The standard InChI is InChI=1S/C15H16BrNO3S/c1-17(8-14-6-11(16)9-21-14)15(18)10-4-12(19-2)7-13(5-10)20-3/h4-7,9H,8H2,1-3H3. The van der Waals surface area contributed by atoms with E-state index < -0.39 is 0 Å². The SMILES string of the molecule is COc1cc(OC)cc(C(=O)N(C)Cc2cc(Br)cs2)c1. The van der Waals surface area contributed by atoms with Gasteiger partial charge in [0.1, 0.15) is 11.5 Å². The fourth-order valence-electron chi connectivity index (χ4n) is 1.89. The van der Waals surface area contributed by atoms with Crippen molar-refractivity contribution in [2.45, 2.75) is 6.54 Å². The molecular weight excluding hydrogens is 354 g/mol. The number of thiophene rings is 1. The van der Waals surface area contributed by atoms with Gasteiger partial charge in [-0.05, 0) is 34.1 Å². The molecule has 4 nitrogen and oxygen atoms in total. The first kappa shape index (κ1) is 15.9. The van der Waals surface area contributed by atoms with Crippen LogP contribution < -0.4 is 9.47 Å². The number of halogens is 1. The third kappa shape index (κ3) is 3.98. The summed E-state index contributed by atoms with van der Waals surface area (Å²) in [7, 11) is 4.91. The lowest BCUT2D eigenvalue weighted by atomic mass is 10.1. The highest BCUT2D eigenvalue weighted by atomic mass is 79.9. The van der Waals surface area contributed by atoms with E-state index in [2.05, 4.69) is 15.9 Å². The third-order valence-electron chi connectivity index (χ3n) is 2.96. The van der Waals surface area contributed by atoms with Crippen molar-refractivity contribution in [1.82, 2.24) is 4.90 Å². The van der Waals surface area contributed by atoms with Gasteiger partial charge in [0, 0.05) is 33.4 Å². The minimum atomic E-state index is -0.0725. The molecule has 0 saturated heterocycles. The van der Waals surface area contributed by atoms with Crippen LogP contribution in [0, 0.1) is 0 Å². The molecule has 0 aliphatic heterocycles. The topological polar surface area (TPSA) is 38.8 Å². The van der Waals surface area contributed by atoms with E-state index in [0.717, 1.165) is 9.35 Å². The lowest BCUT2D eigenvalue weighted by molar-refractivity contribution is 0.0785. The summed E-state index contributed by atoms with van der Waals surface area (Å²) < 4.78 is 11.4. The molecular formula is C15H16BrNO3S. The Morgan fingerprint density at radius 1 is 1.19 bits per heavy atom. The molecule has 0 fully saturated rings. The lowest BCUT2D eigenvalue weighted by Crippen LogP contribution is -2.25. The van der Waals surface area contributed by atoms with E-state index in [-0.39, 0.29) is 5.91 Å². The van der Waals surface area contributed by atoms with E-state index in [9.17, 15) is 4.79 Å². The molecule has 0 radical (unpaired) electrons. The first-order valence-corrected chi connectivity index (χ1v) is 7.92. The number of rotatable bonds is 5. The number of hydrogen-bond acceptors (Lipinski definition) is 4. The van der Waals surface area contributed by atoms with Crippen molar-refractivity contribution in [2.75, 3.05) is 21.3 Å². The van der Waals surface area contributed by atoms with Crippen molar-refractivity contribution in [3.63, 3.8) is 0 Å². The molecule has 0 N–H and O–H groups in total. The van der Waals surface area contributed by atoms with Gasteiger partial charge in [0.2, 0.25) is 0 Å². The van der Waals surface area contributed by atoms with Gasteiger partial charge in [0.05, 0.1) is 20.8 Å². The first-order chi connectivity index (χ1) is 10.0. The first-order valence-electron chi connectivity index (χ1n) is 6.25. The number of ether oxygens (including phenoxy) is 2. The Balaban J connectivity index is 2.18. The summed E-state index contributed by atoms with van der Waals surface area (Å²) in [4.78, 5) is 15.3. The average Bonchev–Trinajstić information content (AvgIpc) is 2.90. The number of nitrogens with zero attached hydrogens (tertiary/aromatic N) is 1. The van der Waals surface area contributed by atoms with Crippen molar-refractivity contribution in [1.29, 1.82) is 0 Å². The number of amides is 1. The fraction of sp³-hybridized carbons (Fsp3) is 0.267. The maximum Gasteiger partial charge on any atom is 0.254 e. The lowest BCUT2D eigenvalue weighted by Gasteiger charge is -2.17. The van der Waals surface area contributed by atoms with Crippen LogP contribution >= 0.6 is 27.3 Å². The van der Waals surface area contributed by atoms with Crippen molar-refractivity contribution >= 4 is 33.2 Å². The van der Waals surface area contributed by atoms with E-state index in [1.54, 1.807) is 55.7 Å². The van der Waals surface area contributed by atoms with Gasteiger partial charge in [-0.25, -0.2) is 0 Å². The molecule has 2 aromatic rings. The average molecular weight is 370 g/mol. The van der Waals surface area contributed by atoms with Crippen LogP contribution in [0.5, 0.6) is 11.5 Å². The smallest absolute Gasteiger partial charge is 0.254 e. The Labute approximate surface area is 136 Å². The van der Waals surface area contributed by atoms with E-state index in [1.165, 1.54) is 0 Å². The number of methoxy groups -OCH3 is 2. The van der Waals surface area contributed by atoms with Gasteiger partial charge < -0.3 is 14.4 Å². The molecule has 0 unspecified atom stereocenters. The van der Waals surface area contributed by atoms with E-state index in [0.29, 0.717) is 23.6 Å². The zero-order chi connectivity index (χ0) is 15.4. The molecule has 0 aliphatic carbocycles. The van der Waals surface area contributed by atoms with Crippen molar-refractivity contribution < 1.29 is 14.3 Å². The number of carbonyl (C=O) groups excluding carboxylic acids is 1. The van der Waals surface area contributed by atoms with Crippen LogP contribution in [0.1, 0.15) is 15.2 Å². The number of hydrogen-bond donors (Lipinski definition) is 0. The highest BCUT2D eigenvalue weighted by Crippen LogP contribution is 2.25. The molecule has 0 spiro atoms. The quantitative estimate of drug-likeness (QED) is 0.804. The van der Waals surface area contributed by atoms with Crippen LogP contribution in [-0.2, 0) is 6.54 Å². The molecule has 1 aromatic carbocycles. The van der Waals surface area contributed by atoms with Gasteiger partial charge in [-0.15, -0.1) is 11.3 Å². The van der Waals surface area contributed by atoms with Crippen LogP contribution in [-0.4, -0.2) is 32.1 Å². The second kappa shape index (κ2) is 6.95. The molecule has 0 saturated carbocycles.